The largest absolute Gasteiger partial charge is 0.331 e. The third kappa shape index (κ3) is 2.57. The summed E-state index contributed by atoms with van der Waals surface area (Å²) in [4.78, 5) is 0. The van der Waals surface area contributed by atoms with E-state index in [9.17, 15) is 0 Å². The molecule has 0 aliphatic rings. The van der Waals surface area contributed by atoms with E-state index in [0.717, 1.165) is 15.7 Å². The van der Waals surface area contributed by atoms with Crippen LogP contribution in [0.5, 0.6) is 0 Å². The molecule has 1 aromatic carbocycles. The number of halogens is 2. The highest BCUT2D eigenvalue weighted by atomic mass is 79.9. The minimum absolute atomic E-state index is 0.353. The molecule has 0 heterocycles. The number of anilines is 1. The lowest BCUT2D eigenvalue weighted by Gasteiger charge is -2.11. The summed E-state index contributed by atoms with van der Waals surface area (Å²) in [6.45, 7) is 1.90. The fraction of sp³-hybridized carbons (Fsp3) is 0.125. The van der Waals surface area contributed by atoms with E-state index >= 15 is 0 Å². The predicted molar refractivity (Wildman–Crippen MR) is 67.4 cm³/mol. The van der Waals surface area contributed by atoms with Gasteiger partial charge >= 0.3 is 0 Å². The summed E-state index contributed by atoms with van der Waals surface area (Å²) in [5, 5.41) is 3.93. The first-order chi connectivity index (χ1) is 6.56. The van der Waals surface area contributed by atoms with Crippen molar-refractivity contribution in [2.75, 3.05) is 5.32 Å². The van der Waals surface area contributed by atoms with Crippen molar-refractivity contribution < 1.29 is 0 Å². The van der Waals surface area contributed by atoms with Crippen LogP contribution < -0.4 is 16.6 Å². The zero-order valence-electron chi connectivity index (χ0n) is 7.40. The van der Waals surface area contributed by atoms with Gasteiger partial charge in [-0.15, -0.1) is 0 Å². The van der Waals surface area contributed by atoms with E-state index in [1.165, 1.54) is 0 Å². The maximum atomic E-state index is 6.03. The second-order valence-corrected chi connectivity index (χ2v) is 4.27. The Morgan fingerprint density at radius 1 is 1.57 bits per heavy atom. The molecular formula is C8H9BrClN3S. The van der Waals surface area contributed by atoms with Crippen molar-refractivity contribution in [3.63, 3.8) is 0 Å². The topological polar surface area (TPSA) is 50.1 Å². The van der Waals surface area contributed by atoms with Crippen molar-refractivity contribution in [2.45, 2.75) is 6.92 Å². The Morgan fingerprint density at radius 2 is 2.21 bits per heavy atom. The van der Waals surface area contributed by atoms with Crippen molar-refractivity contribution in [2.24, 2.45) is 5.84 Å². The van der Waals surface area contributed by atoms with E-state index in [2.05, 4.69) is 26.7 Å². The number of nitrogens with two attached hydrogens (primary N) is 1. The van der Waals surface area contributed by atoms with E-state index in [1.54, 1.807) is 0 Å². The third-order valence-corrected chi connectivity index (χ3v) is 3.31. The van der Waals surface area contributed by atoms with E-state index in [4.69, 9.17) is 29.7 Å². The summed E-state index contributed by atoms with van der Waals surface area (Å²) in [6.07, 6.45) is 0. The molecule has 0 aliphatic carbocycles. The highest BCUT2D eigenvalue weighted by Gasteiger charge is 2.06. The Morgan fingerprint density at radius 3 is 2.79 bits per heavy atom. The van der Waals surface area contributed by atoms with Crippen LogP contribution in [0.15, 0.2) is 16.6 Å². The fourth-order valence-corrected chi connectivity index (χ4v) is 1.65. The average Bonchev–Trinajstić information content (AvgIpc) is 2.19. The molecule has 0 spiro atoms. The van der Waals surface area contributed by atoms with Gasteiger partial charge in [-0.05, 0) is 52.8 Å². The molecule has 0 bridgehead atoms. The van der Waals surface area contributed by atoms with E-state index < -0.39 is 0 Å². The molecule has 1 aromatic rings. The molecule has 76 valence electrons. The van der Waals surface area contributed by atoms with Crippen molar-refractivity contribution >= 4 is 50.5 Å². The van der Waals surface area contributed by atoms with Gasteiger partial charge in [0.15, 0.2) is 5.11 Å². The molecule has 0 aliphatic heterocycles. The molecule has 0 unspecified atom stereocenters. The molecule has 14 heavy (non-hydrogen) atoms. The molecule has 3 nitrogen and oxygen atoms in total. The van der Waals surface area contributed by atoms with Crippen LogP contribution >= 0.6 is 39.7 Å². The van der Waals surface area contributed by atoms with Crippen LogP contribution in [0, 0.1) is 6.92 Å². The van der Waals surface area contributed by atoms with Gasteiger partial charge in [0.2, 0.25) is 0 Å². The normalized spacial score (nSPS) is 9.71. The van der Waals surface area contributed by atoms with Gasteiger partial charge in [0.25, 0.3) is 0 Å². The standard InChI is InChI=1S/C8H9BrClN3S/c1-4-6(12-8(14)13-11)3-2-5(9)7(4)10/h2-3H,11H2,1H3,(H2,12,13,14). The number of benzene rings is 1. The van der Waals surface area contributed by atoms with E-state index in [-0.39, 0.29) is 0 Å². The van der Waals surface area contributed by atoms with Gasteiger partial charge < -0.3 is 10.7 Å². The number of rotatable bonds is 1. The van der Waals surface area contributed by atoms with Crippen LogP contribution in [0.1, 0.15) is 5.56 Å². The number of hydrazine groups is 1. The van der Waals surface area contributed by atoms with Crippen LogP contribution in [0.4, 0.5) is 5.69 Å². The second-order valence-electron chi connectivity index (χ2n) is 2.63. The second kappa shape index (κ2) is 4.93. The molecule has 0 radical (unpaired) electrons. The summed E-state index contributed by atoms with van der Waals surface area (Å²) >= 11 is 14.2. The summed E-state index contributed by atoms with van der Waals surface area (Å²) in [6, 6.07) is 3.71. The quantitative estimate of drug-likeness (QED) is 0.423. The predicted octanol–water partition coefficient (Wildman–Crippen LogP) is 2.57. The molecule has 6 heteroatoms. The maximum Gasteiger partial charge on any atom is 0.185 e. The molecule has 4 N–H and O–H groups in total. The lowest BCUT2D eigenvalue weighted by Crippen LogP contribution is -2.34. The van der Waals surface area contributed by atoms with E-state index in [1.807, 2.05) is 19.1 Å². The zero-order chi connectivity index (χ0) is 10.7. The zero-order valence-corrected chi connectivity index (χ0v) is 10.6. The summed E-state index contributed by atoms with van der Waals surface area (Å²) in [5.74, 6) is 5.14. The first kappa shape index (κ1) is 11.7. The molecular weight excluding hydrogens is 286 g/mol. The van der Waals surface area contributed by atoms with Crippen LogP contribution in [0.2, 0.25) is 5.02 Å². The molecule has 0 amide bonds. The summed E-state index contributed by atoms with van der Waals surface area (Å²) in [5.41, 5.74) is 4.09. The molecule has 0 atom stereocenters. The fourth-order valence-electron chi connectivity index (χ4n) is 0.946. The minimum atomic E-state index is 0.353. The van der Waals surface area contributed by atoms with Gasteiger partial charge in [-0.1, -0.05) is 11.6 Å². The number of hydrogen-bond acceptors (Lipinski definition) is 2. The Balaban J connectivity index is 3.00. The Hall–Kier alpha value is -0.360. The number of hydrogen-bond donors (Lipinski definition) is 3. The minimum Gasteiger partial charge on any atom is -0.331 e. The van der Waals surface area contributed by atoms with Gasteiger partial charge in [-0.2, -0.15) is 0 Å². The lowest BCUT2D eigenvalue weighted by molar-refractivity contribution is 1.04. The molecule has 0 aromatic heterocycles. The third-order valence-electron chi connectivity index (χ3n) is 1.72. The van der Waals surface area contributed by atoms with Crippen LogP contribution in [-0.4, -0.2) is 5.11 Å². The van der Waals surface area contributed by atoms with Crippen LogP contribution in [0.25, 0.3) is 0 Å². The van der Waals surface area contributed by atoms with Crippen LogP contribution in [-0.2, 0) is 0 Å². The SMILES string of the molecule is Cc1c(NC(=S)NN)ccc(Br)c1Cl. The van der Waals surface area contributed by atoms with Crippen molar-refractivity contribution in [1.82, 2.24) is 5.43 Å². The highest BCUT2D eigenvalue weighted by Crippen LogP contribution is 2.30. The molecule has 0 fully saturated rings. The molecule has 0 saturated heterocycles. The van der Waals surface area contributed by atoms with Gasteiger partial charge in [0.1, 0.15) is 0 Å². The Kier molecular flexibility index (Phi) is 4.12. The van der Waals surface area contributed by atoms with Gasteiger partial charge in [0, 0.05) is 10.2 Å². The number of nitrogens with one attached hydrogen (secondary N) is 2. The van der Waals surface area contributed by atoms with Crippen molar-refractivity contribution in [3.8, 4) is 0 Å². The smallest absolute Gasteiger partial charge is 0.185 e. The molecule has 1 rings (SSSR count). The van der Waals surface area contributed by atoms with Gasteiger partial charge in [-0.25, -0.2) is 5.84 Å². The maximum absolute atomic E-state index is 6.03. The summed E-state index contributed by atoms with van der Waals surface area (Å²) < 4.78 is 0.855. The highest BCUT2D eigenvalue weighted by molar-refractivity contribution is 9.10. The van der Waals surface area contributed by atoms with Gasteiger partial charge in [0.05, 0.1) is 5.02 Å². The van der Waals surface area contributed by atoms with Crippen molar-refractivity contribution in [1.29, 1.82) is 0 Å². The van der Waals surface area contributed by atoms with Gasteiger partial charge in [-0.3, -0.25) is 0 Å². The Bertz CT molecular complexity index is 370. The van der Waals surface area contributed by atoms with Crippen molar-refractivity contribution in [3.05, 3.63) is 27.2 Å². The first-order valence-corrected chi connectivity index (χ1v) is 5.36. The Labute approximate surface area is 101 Å². The lowest BCUT2D eigenvalue weighted by atomic mass is 10.2. The average molecular weight is 295 g/mol. The first-order valence-electron chi connectivity index (χ1n) is 3.78. The van der Waals surface area contributed by atoms with E-state index in [0.29, 0.717) is 10.1 Å². The monoisotopic (exact) mass is 293 g/mol. The number of thiocarbonyl (C=S) groups is 1. The summed E-state index contributed by atoms with van der Waals surface area (Å²) in [7, 11) is 0. The van der Waals surface area contributed by atoms with Crippen LogP contribution in [0.3, 0.4) is 0 Å². The molecule has 0 saturated carbocycles.